The zero-order valence-corrected chi connectivity index (χ0v) is 20.6. The summed E-state index contributed by atoms with van der Waals surface area (Å²) in [6.07, 6.45) is 0. The van der Waals surface area contributed by atoms with E-state index in [0.29, 0.717) is 6.04 Å². The molecule has 1 N–H and O–H groups in total. The summed E-state index contributed by atoms with van der Waals surface area (Å²) in [6.45, 7) is 10.3. The van der Waals surface area contributed by atoms with E-state index < -0.39 is 0 Å². The normalized spacial score (nSPS) is 22.2. The standard InChI is InChI=1S/C20H33ClN6.HI/c1-16-5-6-17(21)13-19(16)26-9-11-27(12-10-26)20(22-2)23-14-18-15-24(3)7-8-25(18)4;/h5-6,13,18H,7-12,14-15H2,1-4H3,(H,22,23);1H. The maximum Gasteiger partial charge on any atom is 0.193 e. The monoisotopic (exact) mass is 520 g/mol. The highest BCUT2D eigenvalue weighted by molar-refractivity contribution is 14.0. The van der Waals surface area contributed by atoms with Crippen molar-refractivity contribution in [1.82, 2.24) is 20.0 Å². The number of aliphatic imine (C=N–C) groups is 1. The molecule has 3 rings (SSSR count). The van der Waals surface area contributed by atoms with Gasteiger partial charge in [0.15, 0.2) is 5.96 Å². The quantitative estimate of drug-likeness (QED) is 0.376. The molecular weight excluding hydrogens is 487 g/mol. The number of hydrogen-bond donors (Lipinski definition) is 1. The number of anilines is 1. The summed E-state index contributed by atoms with van der Waals surface area (Å²) in [4.78, 5) is 14.2. The van der Waals surface area contributed by atoms with Crippen LogP contribution in [0.25, 0.3) is 0 Å². The number of aryl methyl sites for hydroxylation is 1. The molecule has 1 unspecified atom stereocenters. The van der Waals surface area contributed by atoms with E-state index in [1.165, 1.54) is 11.3 Å². The molecule has 6 nitrogen and oxygen atoms in total. The van der Waals surface area contributed by atoms with Gasteiger partial charge in [0.25, 0.3) is 0 Å². The van der Waals surface area contributed by atoms with Crippen molar-refractivity contribution < 1.29 is 0 Å². The average molecular weight is 521 g/mol. The van der Waals surface area contributed by atoms with Crippen molar-refractivity contribution in [2.45, 2.75) is 13.0 Å². The third-order valence-electron chi connectivity index (χ3n) is 5.78. The second-order valence-corrected chi connectivity index (χ2v) is 8.17. The number of nitrogens with one attached hydrogen (secondary N) is 1. The van der Waals surface area contributed by atoms with E-state index in [1.54, 1.807) is 0 Å². The van der Waals surface area contributed by atoms with Crippen LogP contribution >= 0.6 is 35.6 Å². The Labute approximate surface area is 191 Å². The Morgan fingerprint density at radius 1 is 1.14 bits per heavy atom. The summed E-state index contributed by atoms with van der Waals surface area (Å²) in [7, 11) is 6.30. The third-order valence-corrected chi connectivity index (χ3v) is 6.01. The summed E-state index contributed by atoms with van der Waals surface area (Å²) in [5.74, 6) is 1.01. The van der Waals surface area contributed by atoms with Crippen LogP contribution in [0.1, 0.15) is 5.56 Å². The van der Waals surface area contributed by atoms with Crippen molar-refractivity contribution in [3.8, 4) is 0 Å². The van der Waals surface area contributed by atoms with Gasteiger partial charge in [-0.25, -0.2) is 0 Å². The van der Waals surface area contributed by atoms with Crippen LogP contribution in [0.2, 0.25) is 5.02 Å². The fraction of sp³-hybridized carbons (Fsp3) is 0.650. The molecule has 1 atom stereocenters. The van der Waals surface area contributed by atoms with Crippen LogP contribution in [-0.2, 0) is 0 Å². The lowest BCUT2D eigenvalue weighted by Crippen LogP contribution is -2.57. The number of hydrogen-bond acceptors (Lipinski definition) is 4. The lowest BCUT2D eigenvalue weighted by molar-refractivity contribution is 0.116. The molecule has 1 aromatic rings. The zero-order chi connectivity index (χ0) is 19.4. The number of rotatable bonds is 3. The van der Waals surface area contributed by atoms with Gasteiger partial charge in [0.05, 0.1) is 0 Å². The van der Waals surface area contributed by atoms with Crippen molar-refractivity contribution in [1.29, 1.82) is 0 Å². The summed E-state index contributed by atoms with van der Waals surface area (Å²) >= 11 is 6.20. The second-order valence-electron chi connectivity index (χ2n) is 7.73. The minimum absolute atomic E-state index is 0. The summed E-state index contributed by atoms with van der Waals surface area (Å²) in [5.41, 5.74) is 2.52. The largest absolute Gasteiger partial charge is 0.368 e. The average Bonchev–Trinajstić information content (AvgIpc) is 2.67. The molecular formula is C20H34ClIN6. The molecule has 8 heteroatoms. The molecule has 28 heavy (non-hydrogen) atoms. The molecule has 2 fully saturated rings. The van der Waals surface area contributed by atoms with Crippen LogP contribution in [-0.4, -0.2) is 100 Å². The molecule has 0 saturated carbocycles. The van der Waals surface area contributed by atoms with E-state index >= 15 is 0 Å². The van der Waals surface area contributed by atoms with Crippen LogP contribution in [0.15, 0.2) is 23.2 Å². The van der Waals surface area contributed by atoms with E-state index in [9.17, 15) is 0 Å². The van der Waals surface area contributed by atoms with Crippen LogP contribution in [0, 0.1) is 6.92 Å². The van der Waals surface area contributed by atoms with E-state index in [-0.39, 0.29) is 24.0 Å². The van der Waals surface area contributed by atoms with E-state index in [1.807, 2.05) is 13.1 Å². The Bertz CT molecular complexity index is 662. The first kappa shape index (κ1) is 23.5. The number of likely N-dealkylation sites (N-methyl/N-ethyl adjacent to an activating group) is 2. The van der Waals surface area contributed by atoms with Gasteiger partial charge in [-0.2, -0.15) is 0 Å². The van der Waals surface area contributed by atoms with Gasteiger partial charge in [-0.05, 0) is 38.7 Å². The SMILES string of the molecule is CN=C(NCC1CN(C)CCN1C)N1CCN(c2cc(Cl)ccc2C)CC1.I. The minimum atomic E-state index is 0. The molecule has 2 heterocycles. The third kappa shape index (κ3) is 5.87. The first-order chi connectivity index (χ1) is 13.0. The van der Waals surface area contributed by atoms with Crippen molar-refractivity contribution in [2.75, 3.05) is 78.4 Å². The maximum atomic E-state index is 6.20. The fourth-order valence-corrected chi connectivity index (χ4v) is 4.11. The fourth-order valence-electron chi connectivity index (χ4n) is 3.95. The van der Waals surface area contributed by atoms with Crippen LogP contribution in [0.3, 0.4) is 0 Å². The van der Waals surface area contributed by atoms with Crippen molar-refractivity contribution in [3.63, 3.8) is 0 Å². The predicted molar refractivity (Wildman–Crippen MR) is 131 cm³/mol. The first-order valence-corrected chi connectivity index (χ1v) is 10.2. The lowest BCUT2D eigenvalue weighted by atomic mass is 10.1. The van der Waals surface area contributed by atoms with Crippen LogP contribution in [0.5, 0.6) is 0 Å². The van der Waals surface area contributed by atoms with Gasteiger partial charge in [-0.1, -0.05) is 17.7 Å². The molecule has 0 radical (unpaired) electrons. The summed E-state index contributed by atoms with van der Waals surface area (Å²) in [6, 6.07) is 6.66. The Hall–Kier alpha value is -0.770. The Kier molecular flexibility index (Phi) is 9.11. The maximum absolute atomic E-state index is 6.20. The Morgan fingerprint density at radius 2 is 1.86 bits per heavy atom. The number of guanidine groups is 1. The van der Waals surface area contributed by atoms with Gasteiger partial charge in [0.1, 0.15) is 0 Å². The summed E-state index contributed by atoms with van der Waals surface area (Å²) < 4.78 is 0. The van der Waals surface area contributed by atoms with Crippen molar-refractivity contribution >= 4 is 47.2 Å². The van der Waals surface area contributed by atoms with E-state index in [0.717, 1.165) is 63.3 Å². The molecule has 0 bridgehead atoms. The lowest BCUT2D eigenvalue weighted by Gasteiger charge is -2.40. The summed E-state index contributed by atoms with van der Waals surface area (Å²) in [5, 5.41) is 4.41. The second kappa shape index (κ2) is 10.8. The molecule has 158 valence electrons. The van der Waals surface area contributed by atoms with Crippen molar-refractivity contribution in [3.05, 3.63) is 28.8 Å². The van der Waals surface area contributed by atoms with Crippen LogP contribution < -0.4 is 10.2 Å². The van der Waals surface area contributed by atoms with E-state index in [4.69, 9.17) is 11.6 Å². The van der Waals surface area contributed by atoms with Gasteiger partial charge in [-0.15, -0.1) is 24.0 Å². The molecule has 0 aromatic heterocycles. The molecule has 1 aromatic carbocycles. The topological polar surface area (TPSA) is 37.4 Å². The van der Waals surface area contributed by atoms with Crippen molar-refractivity contribution in [2.24, 2.45) is 4.99 Å². The number of benzene rings is 1. The molecule has 2 aliphatic heterocycles. The number of halogens is 2. The Balaban J connectivity index is 0.00000280. The molecule has 2 aliphatic rings. The Morgan fingerprint density at radius 3 is 2.54 bits per heavy atom. The highest BCUT2D eigenvalue weighted by Gasteiger charge is 2.24. The number of piperazine rings is 2. The van der Waals surface area contributed by atoms with Gasteiger partial charge < -0.3 is 20.0 Å². The van der Waals surface area contributed by atoms with Gasteiger partial charge in [-0.3, -0.25) is 9.89 Å². The zero-order valence-electron chi connectivity index (χ0n) is 17.5. The smallest absolute Gasteiger partial charge is 0.193 e. The first-order valence-electron chi connectivity index (χ1n) is 9.83. The molecule has 0 aliphatic carbocycles. The molecule has 2 saturated heterocycles. The molecule has 0 spiro atoms. The highest BCUT2D eigenvalue weighted by Crippen LogP contribution is 2.25. The van der Waals surface area contributed by atoms with Gasteiger partial charge in [0.2, 0.25) is 0 Å². The van der Waals surface area contributed by atoms with Gasteiger partial charge >= 0.3 is 0 Å². The van der Waals surface area contributed by atoms with E-state index in [2.05, 4.69) is 63.1 Å². The highest BCUT2D eigenvalue weighted by atomic mass is 127. The minimum Gasteiger partial charge on any atom is -0.368 e. The van der Waals surface area contributed by atoms with Gasteiger partial charge in [0, 0.05) is 76.2 Å². The van der Waals surface area contributed by atoms with Crippen LogP contribution in [0.4, 0.5) is 5.69 Å². The predicted octanol–water partition coefficient (Wildman–Crippen LogP) is 2.21. The molecule has 0 amide bonds. The number of nitrogens with zero attached hydrogens (tertiary/aromatic N) is 5.